The van der Waals surface area contributed by atoms with Crippen LogP contribution in [-0.2, 0) is 10.0 Å². The minimum Gasteiger partial charge on any atom is -0.321 e. The molecule has 2 N–H and O–H groups in total. The SMILES string of the molecule is Cc1ccc(NC(=O)c2cccc(NS(=O)(=O)c3ccc(F)cc3)c2)c(C(=O)c2ccccc2)c1. The normalized spacial score (nSPS) is 11.0. The number of aryl methyl sites for hydroxylation is 1. The lowest BCUT2D eigenvalue weighted by atomic mass is 9.99. The van der Waals surface area contributed by atoms with Crippen molar-refractivity contribution >= 4 is 33.1 Å². The van der Waals surface area contributed by atoms with Crippen LogP contribution in [0.5, 0.6) is 0 Å². The number of benzene rings is 4. The molecule has 0 heterocycles. The molecule has 176 valence electrons. The summed E-state index contributed by atoms with van der Waals surface area (Å²) in [6, 6.07) is 24.2. The van der Waals surface area contributed by atoms with Crippen molar-refractivity contribution in [3.63, 3.8) is 0 Å². The maximum Gasteiger partial charge on any atom is 0.261 e. The highest BCUT2D eigenvalue weighted by Gasteiger charge is 2.18. The first kappa shape index (κ1) is 23.8. The van der Waals surface area contributed by atoms with E-state index in [9.17, 15) is 22.4 Å². The monoisotopic (exact) mass is 488 g/mol. The first-order valence-electron chi connectivity index (χ1n) is 10.6. The van der Waals surface area contributed by atoms with E-state index < -0.39 is 21.7 Å². The second-order valence-electron chi connectivity index (χ2n) is 7.84. The summed E-state index contributed by atoms with van der Waals surface area (Å²) in [5.74, 6) is -1.30. The Morgan fingerprint density at radius 2 is 1.46 bits per heavy atom. The number of amides is 1. The molecule has 0 saturated heterocycles. The summed E-state index contributed by atoms with van der Waals surface area (Å²) in [5, 5.41) is 2.75. The second-order valence-corrected chi connectivity index (χ2v) is 9.52. The lowest BCUT2D eigenvalue weighted by molar-refractivity contribution is 0.102. The van der Waals surface area contributed by atoms with Crippen molar-refractivity contribution in [1.82, 2.24) is 0 Å². The van der Waals surface area contributed by atoms with Crippen LogP contribution in [0, 0.1) is 12.7 Å². The zero-order valence-electron chi connectivity index (χ0n) is 18.7. The number of hydrogen-bond acceptors (Lipinski definition) is 4. The van der Waals surface area contributed by atoms with Gasteiger partial charge in [-0.1, -0.05) is 48.0 Å². The van der Waals surface area contributed by atoms with Crippen LogP contribution in [0.1, 0.15) is 31.8 Å². The summed E-state index contributed by atoms with van der Waals surface area (Å²) in [6.07, 6.45) is 0. The first-order chi connectivity index (χ1) is 16.7. The van der Waals surface area contributed by atoms with E-state index in [0.29, 0.717) is 16.8 Å². The van der Waals surface area contributed by atoms with Crippen molar-refractivity contribution in [1.29, 1.82) is 0 Å². The van der Waals surface area contributed by atoms with Crippen LogP contribution in [0.2, 0.25) is 0 Å². The van der Waals surface area contributed by atoms with Crippen LogP contribution in [0.25, 0.3) is 0 Å². The Bertz CT molecular complexity index is 1500. The van der Waals surface area contributed by atoms with Gasteiger partial charge in [-0.15, -0.1) is 0 Å². The summed E-state index contributed by atoms with van der Waals surface area (Å²) in [4.78, 5) is 25.9. The third kappa shape index (κ3) is 5.62. The summed E-state index contributed by atoms with van der Waals surface area (Å²) in [6.45, 7) is 1.85. The van der Waals surface area contributed by atoms with Gasteiger partial charge in [-0.2, -0.15) is 0 Å². The van der Waals surface area contributed by atoms with Crippen molar-refractivity contribution in [2.45, 2.75) is 11.8 Å². The molecule has 0 aliphatic heterocycles. The van der Waals surface area contributed by atoms with Gasteiger partial charge >= 0.3 is 0 Å². The Labute approximate surface area is 202 Å². The molecule has 0 aromatic heterocycles. The molecule has 0 aliphatic carbocycles. The van der Waals surface area contributed by atoms with Crippen LogP contribution in [0.15, 0.2) is 102 Å². The van der Waals surface area contributed by atoms with Gasteiger partial charge in [0, 0.05) is 22.4 Å². The lowest BCUT2D eigenvalue weighted by Crippen LogP contribution is -2.17. The lowest BCUT2D eigenvalue weighted by Gasteiger charge is -2.13. The van der Waals surface area contributed by atoms with Crippen LogP contribution in [0.4, 0.5) is 15.8 Å². The molecule has 0 spiro atoms. The molecular formula is C27H21FN2O4S. The number of ketones is 1. The highest BCUT2D eigenvalue weighted by molar-refractivity contribution is 7.92. The van der Waals surface area contributed by atoms with E-state index in [1.54, 1.807) is 42.5 Å². The van der Waals surface area contributed by atoms with Gasteiger partial charge in [-0.25, -0.2) is 12.8 Å². The van der Waals surface area contributed by atoms with Crippen LogP contribution in [-0.4, -0.2) is 20.1 Å². The minimum absolute atomic E-state index is 0.113. The average Bonchev–Trinajstić information content (AvgIpc) is 2.85. The number of halogens is 1. The Morgan fingerprint density at radius 1 is 0.771 bits per heavy atom. The summed E-state index contributed by atoms with van der Waals surface area (Å²) < 4.78 is 40.7. The van der Waals surface area contributed by atoms with E-state index in [-0.39, 0.29) is 21.9 Å². The number of rotatable bonds is 7. The average molecular weight is 489 g/mol. The van der Waals surface area contributed by atoms with Crippen LogP contribution >= 0.6 is 0 Å². The van der Waals surface area contributed by atoms with Gasteiger partial charge in [-0.05, 0) is 61.5 Å². The first-order valence-corrected chi connectivity index (χ1v) is 12.1. The number of sulfonamides is 1. The van der Waals surface area contributed by atoms with Gasteiger partial charge < -0.3 is 5.32 Å². The molecule has 0 radical (unpaired) electrons. The van der Waals surface area contributed by atoms with E-state index in [4.69, 9.17) is 0 Å². The van der Waals surface area contributed by atoms with Crippen LogP contribution in [0.3, 0.4) is 0 Å². The molecule has 0 atom stereocenters. The molecule has 0 saturated carbocycles. The van der Waals surface area contributed by atoms with Crippen molar-refractivity contribution in [3.05, 3.63) is 125 Å². The Kier molecular flexibility index (Phi) is 6.75. The molecule has 8 heteroatoms. The quantitative estimate of drug-likeness (QED) is 0.340. The smallest absolute Gasteiger partial charge is 0.261 e. The van der Waals surface area contributed by atoms with Crippen molar-refractivity contribution in [2.24, 2.45) is 0 Å². The molecule has 0 unspecified atom stereocenters. The molecule has 1 amide bonds. The highest BCUT2D eigenvalue weighted by atomic mass is 32.2. The van der Waals surface area contributed by atoms with E-state index in [1.807, 2.05) is 13.0 Å². The minimum atomic E-state index is -3.98. The van der Waals surface area contributed by atoms with Crippen molar-refractivity contribution in [2.75, 3.05) is 10.0 Å². The predicted molar refractivity (Wildman–Crippen MR) is 133 cm³/mol. The summed E-state index contributed by atoms with van der Waals surface area (Å²) >= 11 is 0. The topological polar surface area (TPSA) is 92.3 Å². The Balaban J connectivity index is 1.57. The number of carbonyl (C=O) groups is 2. The molecule has 4 aromatic rings. The number of carbonyl (C=O) groups excluding carboxylic acids is 2. The molecule has 0 fully saturated rings. The number of anilines is 2. The predicted octanol–water partition coefficient (Wildman–Crippen LogP) is 5.42. The van der Waals surface area contributed by atoms with E-state index in [0.717, 1.165) is 29.8 Å². The van der Waals surface area contributed by atoms with Gasteiger partial charge in [0.2, 0.25) is 0 Å². The summed E-state index contributed by atoms with van der Waals surface area (Å²) in [5.41, 5.74) is 2.38. The maximum absolute atomic E-state index is 13.1. The summed E-state index contributed by atoms with van der Waals surface area (Å²) in [7, 11) is -3.98. The molecule has 35 heavy (non-hydrogen) atoms. The van der Waals surface area contributed by atoms with Gasteiger partial charge in [-0.3, -0.25) is 14.3 Å². The van der Waals surface area contributed by atoms with Crippen molar-refractivity contribution in [3.8, 4) is 0 Å². The molecule has 0 aliphatic rings. The zero-order chi connectivity index (χ0) is 25.0. The fourth-order valence-corrected chi connectivity index (χ4v) is 4.50. The maximum atomic E-state index is 13.1. The van der Waals surface area contributed by atoms with Crippen LogP contribution < -0.4 is 10.0 Å². The van der Waals surface area contributed by atoms with E-state index in [2.05, 4.69) is 10.0 Å². The van der Waals surface area contributed by atoms with E-state index in [1.165, 1.54) is 24.3 Å². The molecule has 6 nitrogen and oxygen atoms in total. The fraction of sp³-hybridized carbons (Fsp3) is 0.0370. The largest absolute Gasteiger partial charge is 0.321 e. The Hall–Kier alpha value is -4.30. The molecule has 4 aromatic carbocycles. The van der Waals surface area contributed by atoms with Gasteiger partial charge in [0.05, 0.1) is 10.6 Å². The van der Waals surface area contributed by atoms with E-state index >= 15 is 0 Å². The third-order valence-electron chi connectivity index (χ3n) is 5.20. The molecule has 0 bridgehead atoms. The second kappa shape index (κ2) is 9.90. The third-order valence-corrected chi connectivity index (χ3v) is 6.60. The molecule has 4 rings (SSSR count). The number of nitrogens with one attached hydrogen (secondary N) is 2. The van der Waals surface area contributed by atoms with Gasteiger partial charge in [0.15, 0.2) is 5.78 Å². The van der Waals surface area contributed by atoms with Gasteiger partial charge in [0.25, 0.3) is 15.9 Å². The number of hydrogen-bond donors (Lipinski definition) is 2. The van der Waals surface area contributed by atoms with Gasteiger partial charge in [0.1, 0.15) is 5.82 Å². The highest BCUT2D eigenvalue weighted by Crippen LogP contribution is 2.23. The Morgan fingerprint density at radius 3 is 2.17 bits per heavy atom. The molecular weight excluding hydrogens is 467 g/mol. The fourth-order valence-electron chi connectivity index (χ4n) is 3.45. The zero-order valence-corrected chi connectivity index (χ0v) is 19.5. The standard InChI is InChI=1S/C27H21FN2O4S/c1-18-10-15-25(24(16-18)26(31)19-6-3-2-4-7-19)29-27(32)20-8-5-9-22(17-20)30-35(33,34)23-13-11-21(28)12-14-23/h2-17,30H,1H3,(H,29,32). The van der Waals surface area contributed by atoms with Crippen molar-refractivity contribution < 1.29 is 22.4 Å².